The zero-order valence-electron chi connectivity index (χ0n) is 12.3. The van der Waals surface area contributed by atoms with Crippen LogP contribution in [0.25, 0.3) is 0 Å². The zero-order valence-corrected chi connectivity index (χ0v) is 13.0. The summed E-state index contributed by atoms with van der Waals surface area (Å²) in [4.78, 5) is 0. The quantitative estimate of drug-likeness (QED) is 0.734. The maximum absolute atomic E-state index is 6.14. The monoisotopic (exact) mass is 279 g/mol. The smallest absolute Gasteiger partial charge is 0.0291 e. The van der Waals surface area contributed by atoms with Gasteiger partial charge in [-0.3, -0.25) is 0 Å². The molecule has 2 heteroatoms. The second-order valence-electron chi connectivity index (χ2n) is 5.90. The van der Waals surface area contributed by atoms with Gasteiger partial charge in [-0.05, 0) is 54.2 Å². The van der Waals surface area contributed by atoms with Crippen molar-refractivity contribution in [3.8, 4) is 0 Å². The second kappa shape index (κ2) is 6.76. The Morgan fingerprint density at radius 1 is 1.16 bits per heavy atom. The standard InChI is InChI=1S/C17H26ClN/c1-3-17(4-2,12-18)13-19-11-14-8-9-15-6-5-7-16(15)10-14/h8-10,19H,3-7,11-13H2,1-2H3. The zero-order chi connectivity index (χ0) is 13.7. The molecule has 0 spiro atoms. The van der Waals surface area contributed by atoms with Crippen LogP contribution in [0.2, 0.25) is 0 Å². The second-order valence-corrected chi connectivity index (χ2v) is 6.17. The molecule has 1 aromatic carbocycles. The van der Waals surface area contributed by atoms with Crippen LogP contribution in [0.1, 0.15) is 49.8 Å². The summed E-state index contributed by atoms with van der Waals surface area (Å²) < 4.78 is 0. The maximum Gasteiger partial charge on any atom is 0.0291 e. The molecule has 1 aromatic rings. The van der Waals surface area contributed by atoms with Crippen molar-refractivity contribution in [1.82, 2.24) is 5.32 Å². The predicted molar refractivity (Wildman–Crippen MR) is 83.9 cm³/mol. The number of halogens is 1. The highest BCUT2D eigenvalue weighted by molar-refractivity contribution is 6.18. The molecule has 0 aliphatic heterocycles. The van der Waals surface area contributed by atoms with Gasteiger partial charge in [-0.15, -0.1) is 11.6 Å². The van der Waals surface area contributed by atoms with Gasteiger partial charge < -0.3 is 5.32 Å². The van der Waals surface area contributed by atoms with Crippen molar-refractivity contribution in [2.75, 3.05) is 12.4 Å². The minimum Gasteiger partial charge on any atom is -0.312 e. The van der Waals surface area contributed by atoms with E-state index in [-0.39, 0.29) is 5.41 Å². The molecule has 0 amide bonds. The van der Waals surface area contributed by atoms with E-state index >= 15 is 0 Å². The van der Waals surface area contributed by atoms with Crippen LogP contribution in [0.3, 0.4) is 0 Å². The van der Waals surface area contributed by atoms with Gasteiger partial charge in [0.25, 0.3) is 0 Å². The third-order valence-electron chi connectivity index (χ3n) is 4.78. The largest absolute Gasteiger partial charge is 0.312 e. The Hall–Kier alpha value is -0.530. The molecule has 1 aliphatic carbocycles. The van der Waals surface area contributed by atoms with E-state index in [1.54, 1.807) is 11.1 Å². The predicted octanol–water partition coefficient (Wildman–Crippen LogP) is 4.31. The summed E-state index contributed by atoms with van der Waals surface area (Å²) in [6, 6.07) is 6.97. The van der Waals surface area contributed by atoms with Crippen molar-refractivity contribution in [1.29, 1.82) is 0 Å². The molecule has 0 fully saturated rings. The summed E-state index contributed by atoms with van der Waals surface area (Å²) in [7, 11) is 0. The van der Waals surface area contributed by atoms with E-state index in [1.807, 2.05) is 0 Å². The first-order valence-corrected chi connectivity index (χ1v) is 8.14. The van der Waals surface area contributed by atoms with Crippen LogP contribution in [0, 0.1) is 5.41 Å². The fraction of sp³-hybridized carbons (Fsp3) is 0.647. The van der Waals surface area contributed by atoms with Gasteiger partial charge >= 0.3 is 0 Å². The van der Waals surface area contributed by atoms with Gasteiger partial charge in [0.1, 0.15) is 0 Å². The van der Waals surface area contributed by atoms with Crippen LogP contribution in [0.15, 0.2) is 18.2 Å². The van der Waals surface area contributed by atoms with Crippen LogP contribution in [0.5, 0.6) is 0 Å². The molecule has 0 bridgehead atoms. The Labute approximate surface area is 122 Å². The van der Waals surface area contributed by atoms with Gasteiger partial charge in [0.15, 0.2) is 0 Å². The van der Waals surface area contributed by atoms with Gasteiger partial charge in [-0.2, -0.15) is 0 Å². The maximum atomic E-state index is 6.14. The van der Waals surface area contributed by atoms with Crippen LogP contribution < -0.4 is 5.32 Å². The van der Waals surface area contributed by atoms with E-state index in [4.69, 9.17) is 11.6 Å². The van der Waals surface area contributed by atoms with E-state index in [9.17, 15) is 0 Å². The van der Waals surface area contributed by atoms with E-state index < -0.39 is 0 Å². The van der Waals surface area contributed by atoms with Crippen LogP contribution in [-0.4, -0.2) is 12.4 Å². The summed E-state index contributed by atoms with van der Waals surface area (Å²) in [6.07, 6.45) is 6.14. The van der Waals surface area contributed by atoms with Gasteiger partial charge in [-0.1, -0.05) is 32.0 Å². The molecule has 0 unspecified atom stereocenters. The number of hydrogen-bond donors (Lipinski definition) is 1. The number of aryl methyl sites for hydroxylation is 2. The van der Waals surface area contributed by atoms with Gasteiger partial charge in [-0.25, -0.2) is 0 Å². The van der Waals surface area contributed by atoms with Crippen molar-refractivity contribution in [3.05, 3.63) is 34.9 Å². The third-order valence-corrected chi connectivity index (χ3v) is 5.34. The van der Waals surface area contributed by atoms with Gasteiger partial charge in [0.05, 0.1) is 0 Å². The minimum absolute atomic E-state index is 0.262. The number of fused-ring (bicyclic) bond motifs is 1. The normalized spacial score (nSPS) is 14.7. The Morgan fingerprint density at radius 3 is 2.58 bits per heavy atom. The number of nitrogens with one attached hydrogen (secondary N) is 1. The SMILES string of the molecule is CCC(CC)(CCl)CNCc1ccc2c(c1)CCC2. The molecule has 106 valence electrons. The summed E-state index contributed by atoms with van der Waals surface area (Å²) in [6.45, 7) is 6.46. The van der Waals surface area contributed by atoms with Crippen molar-refractivity contribution in [3.63, 3.8) is 0 Å². The van der Waals surface area contributed by atoms with Crippen LogP contribution in [-0.2, 0) is 19.4 Å². The molecule has 0 radical (unpaired) electrons. The van der Waals surface area contributed by atoms with E-state index in [0.29, 0.717) is 0 Å². The number of benzene rings is 1. The highest BCUT2D eigenvalue weighted by Crippen LogP contribution is 2.27. The average molecular weight is 280 g/mol. The fourth-order valence-electron chi connectivity index (χ4n) is 2.94. The first-order valence-electron chi connectivity index (χ1n) is 7.60. The van der Waals surface area contributed by atoms with E-state index in [2.05, 4.69) is 37.4 Å². The Balaban J connectivity index is 1.89. The fourth-order valence-corrected chi connectivity index (χ4v) is 3.42. The Morgan fingerprint density at radius 2 is 1.89 bits per heavy atom. The molecule has 19 heavy (non-hydrogen) atoms. The van der Waals surface area contributed by atoms with Gasteiger partial charge in [0.2, 0.25) is 0 Å². The first-order chi connectivity index (χ1) is 9.23. The lowest BCUT2D eigenvalue weighted by Gasteiger charge is -2.29. The molecule has 0 aromatic heterocycles. The van der Waals surface area contributed by atoms with Crippen molar-refractivity contribution < 1.29 is 0 Å². The minimum atomic E-state index is 0.262. The number of alkyl halides is 1. The number of hydrogen-bond acceptors (Lipinski definition) is 1. The van der Waals surface area contributed by atoms with E-state index in [0.717, 1.165) is 31.8 Å². The summed E-state index contributed by atoms with van der Waals surface area (Å²) >= 11 is 6.14. The molecule has 1 nitrogen and oxygen atoms in total. The molecule has 1 aliphatic rings. The summed E-state index contributed by atoms with van der Waals surface area (Å²) in [5, 5.41) is 3.60. The lowest BCUT2D eigenvalue weighted by Crippen LogP contribution is -2.34. The molecule has 0 saturated carbocycles. The molecule has 0 saturated heterocycles. The first kappa shape index (κ1) is 14.9. The lowest BCUT2D eigenvalue weighted by molar-refractivity contribution is 0.286. The third kappa shape index (κ3) is 3.52. The average Bonchev–Trinajstić information content (AvgIpc) is 2.92. The van der Waals surface area contributed by atoms with E-state index in [1.165, 1.54) is 24.8 Å². The van der Waals surface area contributed by atoms with Crippen molar-refractivity contribution >= 4 is 11.6 Å². The molecule has 1 N–H and O–H groups in total. The van der Waals surface area contributed by atoms with Crippen molar-refractivity contribution in [2.24, 2.45) is 5.41 Å². The topological polar surface area (TPSA) is 12.0 Å². The molecule has 0 heterocycles. The molecular weight excluding hydrogens is 254 g/mol. The van der Waals surface area contributed by atoms with Crippen LogP contribution in [0.4, 0.5) is 0 Å². The Kier molecular flexibility index (Phi) is 5.29. The number of rotatable bonds is 7. The summed E-state index contributed by atoms with van der Waals surface area (Å²) in [5.41, 5.74) is 4.80. The summed E-state index contributed by atoms with van der Waals surface area (Å²) in [5.74, 6) is 0.747. The highest BCUT2D eigenvalue weighted by Gasteiger charge is 2.24. The molecular formula is C17H26ClN. The van der Waals surface area contributed by atoms with Gasteiger partial charge in [0, 0.05) is 19.0 Å². The lowest BCUT2D eigenvalue weighted by atomic mass is 9.84. The van der Waals surface area contributed by atoms with Crippen LogP contribution >= 0.6 is 11.6 Å². The molecule has 0 atom stereocenters. The Bertz CT molecular complexity index is 401. The van der Waals surface area contributed by atoms with Crippen molar-refractivity contribution in [2.45, 2.75) is 52.5 Å². The highest BCUT2D eigenvalue weighted by atomic mass is 35.5. The molecule has 2 rings (SSSR count).